The SMILES string of the molecule is CC1CC(c2c[nH]c3ncnc(N4CCCCC4)c23)CCN1. The number of nitrogens with one attached hydrogen (secondary N) is 2. The highest BCUT2D eigenvalue weighted by atomic mass is 15.2. The number of nitrogens with zero attached hydrogens (tertiary/aromatic N) is 3. The average molecular weight is 299 g/mol. The number of piperidine rings is 2. The molecule has 5 heteroatoms. The Hall–Kier alpha value is -1.62. The third-order valence-corrected chi connectivity index (χ3v) is 5.20. The van der Waals surface area contributed by atoms with E-state index in [9.17, 15) is 0 Å². The fraction of sp³-hybridized carbons (Fsp3) is 0.647. The van der Waals surface area contributed by atoms with Gasteiger partial charge in [0.2, 0.25) is 0 Å². The van der Waals surface area contributed by atoms with Gasteiger partial charge < -0.3 is 15.2 Å². The lowest BCUT2D eigenvalue weighted by molar-refractivity contribution is 0.382. The van der Waals surface area contributed by atoms with Crippen LogP contribution in [0.5, 0.6) is 0 Å². The van der Waals surface area contributed by atoms with Crippen molar-refractivity contribution < 1.29 is 0 Å². The van der Waals surface area contributed by atoms with Crippen LogP contribution in [-0.2, 0) is 0 Å². The highest BCUT2D eigenvalue weighted by molar-refractivity contribution is 5.91. The minimum Gasteiger partial charge on any atom is -0.356 e. The van der Waals surface area contributed by atoms with Crippen molar-refractivity contribution in [3.05, 3.63) is 18.1 Å². The summed E-state index contributed by atoms with van der Waals surface area (Å²) in [6.45, 7) is 5.63. The van der Waals surface area contributed by atoms with Gasteiger partial charge in [-0.15, -0.1) is 0 Å². The molecule has 0 bridgehead atoms. The van der Waals surface area contributed by atoms with Crippen LogP contribution in [0, 0.1) is 0 Å². The van der Waals surface area contributed by atoms with Crippen LogP contribution >= 0.6 is 0 Å². The van der Waals surface area contributed by atoms with Crippen LogP contribution in [0.15, 0.2) is 12.5 Å². The Balaban J connectivity index is 1.75. The van der Waals surface area contributed by atoms with E-state index in [0.29, 0.717) is 12.0 Å². The molecule has 4 heterocycles. The van der Waals surface area contributed by atoms with Crippen molar-refractivity contribution in [2.45, 2.75) is 51.0 Å². The molecule has 2 atom stereocenters. The van der Waals surface area contributed by atoms with Gasteiger partial charge in [0.15, 0.2) is 0 Å². The van der Waals surface area contributed by atoms with Crippen molar-refractivity contribution in [2.24, 2.45) is 0 Å². The lowest BCUT2D eigenvalue weighted by Gasteiger charge is -2.30. The van der Waals surface area contributed by atoms with Gasteiger partial charge >= 0.3 is 0 Å². The molecular weight excluding hydrogens is 274 g/mol. The fourth-order valence-corrected chi connectivity index (χ4v) is 4.05. The summed E-state index contributed by atoms with van der Waals surface area (Å²) in [5.41, 5.74) is 2.42. The van der Waals surface area contributed by atoms with Crippen LogP contribution < -0.4 is 10.2 Å². The molecular formula is C17H25N5. The van der Waals surface area contributed by atoms with E-state index in [0.717, 1.165) is 31.1 Å². The van der Waals surface area contributed by atoms with E-state index in [4.69, 9.17) is 0 Å². The zero-order chi connectivity index (χ0) is 14.9. The number of hydrogen-bond acceptors (Lipinski definition) is 4. The second-order valence-corrected chi connectivity index (χ2v) is 6.79. The first-order valence-corrected chi connectivity index (χ1v) is 8.63. The molecule has 2 aromatic rings. The van der Waals surface area contributed by atoms with E-state index in [2.05, 4.69) is 38.3 Å². The average Bonchev–Trinajstić information content (AvgIpc) is 3.00. The summed E-state index contributed by atoms with van der Waals surface area (Å²) in [7, 11) is 0. The smallest absolute Gasteiger partial charge is 0.143 e. The van der Waals surface area contributed by atoms with E-state index >= 15 is 0 Å². The topological polar surface area (TPSA) is 56.8 Å². The first-order chi connectivity index (χ1) is 10.8. The van der Waals surface area contributed by atoms with Crippen LogP contribution in [0.4, 0.5) is 5.82 Å². The van der Waals surface area contributed by atoms with Crippen LogP contribution in [0.3, 0.4) is 0 Å². The van der Waals surface area contributed by atoms with Crippen LogP contribution in [0.25, 0.3) is 11.0 Å². The van der Waals surface area contributed by atoms with Gasteiger partial charge in [-0.1, -0.05) is 0 Å². The second-order valence-electron chi connectivity index (χ2n) is 6.79. The number of anilines is 1. The Morgan fingerprint density at radius 2 is 2.05 bits per heavy atom. The van der Waals surface area contributed by atoms with Crippen LogP contribution in [-0.4, -0.2) is 40.6 Å². The molecule has 2 N–H and O–H groups in total. The molecule has 0 saturated carbocycles. The number of aromatic amines is 1. The Kier molecular flexibility index (Phi) is 3.74. The molecule has 0 amide bonds. The molecule has 118 valence electrons. The highest BCUT2D eigenvalue weighted by Gasteiger charge is 2.26. The Morgan fingerprint density at radius 1 is 1.18 bits per heavy atom. The summed E-state index contributed by atoms with van der Waals surface area (Å²) in [5, 5.41) is 4.82. The molecule has 4 rings (SSSR count). The Labute approximate surface area is 131 Å². The van der Waals surface area contributed by atoms with Crippen molar-refractivity contribution >= 4 is 16.9 Å². The van der Waals surface area contributed by atoms with Gasteiger partial charge in [-0.2, -0.15) is 0 Å². The molecule has 0 radical (unpaired) electrons. The number of rotatable bonds is 2. The number of H-pyrrole nitrogens is 1. The van der Waals surface area contributed by atoms with Crippen LogP contribution in [0.2, 0.25) is 0 Å². The summed E-state index contributed by atoms with van der Waals surface area (Å²) in [4.78, 5) is 15.0. The first-order valence-electron chi connectivity index (χ1n) is 8.63. The van der Waals surface area contributed by atoms with Gasteiger partial charge in [-0.05, 0) is 57.1 Å². The summed E-state index contributed by atoms with van der Waals surface area (Å²) in [5.74, 6) is 1.76. The van der Waals surface area contributed by atoms with Gasteiger partial charge in [0.25, 0.3) is 0 Å². The molecule has 2 saturated heterocycles. The minimum atomic E-state index is 0.590. The molecule has 2 fully saturated rings. The van der Waals surface area contributed by atoms with E-state index in [1.165, 1.54) is 43.1 Å². The van der Waals surface area contributed by atoms with Crippen LogP contribution in [0.1, 0.15) is 50.5 Å². The maximum atomic E-state index is 4.66. The Morgan fingerprint density at radius 3 is 2.86 bits per heavy atom. The Bertz CT molecular complexity index is 644. The normalized spacial score (nSPS) is 26.5. The van der Waals surface area contributed by atoms with E-state index < -0.39 is 0 Å². The highest BCUT2D eigenvalue weighted by Crippen LogP contribution is 2.36. The lowest BCUT2D eigenvalue weighted by Crippen LogP contribution is -2.35. The lowest BCUT2D eigenvalue weighted by atomic mass is 9.87. The van der Waals surface area contributed by atoms with Gasteiger partial charge in [0, 0.05) is 25.3 Å². The molecule has 2 unspecified atom stereocenters. The number of hydrogen-bond donors (Lipinski definition) is 2. The zero-order valence-electron chi connectivity index (χ0n) is 13.3. The largest absolute Gasteiger partial charge is 0.356 e. The van der Waals surface area contributed by atoms with Gasteiger partial charge in [-0.25, -0.2) is 9.97 Å². The van der Waals surface area contributed by atoms with Gasteiger partial charge in [-0.3, -0.25) is 0 Å². The number of fused-ring (bicyclic) bond motifs is 1. The summed E-state index contributed by atoms with van der Waals surface area (Å²) in [6.07, 6.45) is 10.2. The summed E-state index contributed by atoms with van der Waals surface area (Å²) >= 11 is 0. The number of aromatic nitrogens is 3. The molecule has 2 aromatic heterocycles. The third-order valence-electron chi connectivity index (χ3n) is 5.20. The maximum Gasteiger partial charge on any atom is 0.143 e. The molecule has 2 aliphatic heterocycles. The van der Waals surface area contributed by atoms with E-state index in [1.807, 2.05) is 0 Å². The third kappa shape index (κ3) is 2.47. The summed E-state index contributed by atoms with van der Waals surface area (Å²) < 4.78 is 0. The van der Waals surface area contributed by atoms with Crippen molar-refractivity contribution in [2.75, 3.05) is 24.5 Å². The van der Waals surface area contributed by atoms with E-state index in [-0.39, 0.29) is 0 Å². The predicted octanol–water partition coefficient (Wildman–Crippen LogP) is 2.80. The van der Waals surface area contributed by atoms with Gasteiger partial charge in [0.1, 0.15) is 17.8 Å². The second kappa shape index (κ2) is 5.88. The minimum absolute atomic E-state index is 0.590. The summed E-state index contributed by atoms with van der Waals surface area (Å²) in [6, 6.07) is 0.590. The van der Waals surface area contributed by atoms with Crippen molar-refractivity contribution in [1.29, 1.82) is 0 Å². The molecule has 5 nitrogen and oxygen atoms in total. The van der Waals surface area contributed by atoms with Crippen molar-refractivity contribution in [3.63, 3.8) is 0 Å². The van der Waals surface area contributed by atoms with E-state index in [1.54, 1.807) is 6.33 Å². The van der Waals surface area contributed by atoms with Crippen molar-refractivity contribution in [1.82, 2.24) is 20.3 Å². The zero-order valence-corrected chi connectivity index (χ0v) is 13.3. The fourth-order valence-electron chi connectivity index (χ4n) is 4.05. The predicted molar refractivity (Wildman–Crippen MR) is 89.4 cm³/mol. The van der Waals surface area contributed by atoms with Gasteiger partial charge in [0.05, 0.1) is 5.39 Å². The van der Waals surface area contributed by atoms with Crippen molar-refractivity contribution in [3.8, 4) is 0 Å². The molecule has 22 heavy (non-hydrogen) atoms. The molecule has 2 aliphatic rings. The maximum absolute atomic E-state index is 4.66. The molecule has 0 aromatic carbocycles. The molecule has 0 spiro atoms. The standard InChI is InChI=1S/C17H25N5/c1-12-9-13(5-6-18-12)14-10-19-16-15(14)17(21-11-20-16)22-7-3-2-4-8-22/h10-13,18H,2-9H2,1H3,(H,19,20,21). The molecule has 0 aliphatic carbocycles. The monoisotopic (exact) mass is 299 g/mol. The first kappa shape index (κ1) is 14.0. The quantitative estimate of drug-likeness (QED) is 0.895.